The minimum atomic E-state index is 0.787. The number of thiazole rings is 1. The Morgan fingerprint density at radius 2 is 2.13 bits per heavy atom. The van der Waals surface area contributed by atoms with E-state index in [1.165, 1.54) is 11.3 Å². The van der Waals surface area contributed by atoms with Gasteiger partial charge in [0, 0.05) is 10.9 Å². The van der Waals surface area contributed by atoms with E-state index in [0.29, 0.717) is 0 Å². The van der Waals surface area contributed by atoms with Crippen LogP contribution in [0.1, 0.15) is 0 Å². The van der Waals surface area contributed by atoms with E-state index < -0.39 is 0 Å². The molecule has 1 heterocycles. The van der Waals surface area contributed by atoms with E-state index in [1.54, 1.807) is 14.2 Å². The standard InChI is InChI=1S/C11H10NO2S/c1-13-8-3-4-11(14-2)9(5-8)10-6-15-7-12-10/h3-6H,1-2H3. The maximum absolute atomic E-state index is 5.26. The lowest BCUT2D eigenvalue weighted by Gasteiger charge is -2.08. The number of ether oxygens (including phenoxy) is 2. The van der Waals surface area contributed by atoms with Gasteiger partial charge in [-0.3, -0.25) is 0 Å². The molecule has 0 aliphatic carbocycles. The molecular weight excluding hydrogens is 210 g/mol. The zero-order valence-corrected chi connectivity index (χ0v) is 9.30. The molecule has 0 saturated carbocycles. The maximum Gasteiger partial charge on any atom is 0.152 e. The van der Waals surface area contributed by atoms with Gasteiger partial charge in [0.05, 0.1) is 19.9 Å². The molecule has 77 valence electrons. The Morgan fingerprint density at radius 1 is 1.27 bits per heavy atom. The van der Waals surface area contributed by atoms with E-state index in [0.717, 1.165) is 22.8 Å². The second-order valence-electron chi connectivity index (χ2n) is 2.89. The number of aromatic nitrogens is 1. The van der Waals surface area contributed by atoms with Crippen LogP contribution >= 0.6 is 11.3 Å². The van der Waals surface area contributed by atoms with E-state index >= 15 is 0 Å². The van der Waals surface area contributed by atoms with Gasteiger partial charge in [0.2, 0.25) is 0 Å². The highest BCUT2D eigenvalue weighted by Crippen LogP contribution is 2.32. The summed E-state index contributed by atoms with van der Waals surface area (Å²) in [4.78, 5) is 4.13. The normalized spacial score (nSPS) is 10.0. The summed E-state index contributed by atoms with van der Waals surface area (Å²) < 4.78 is 10.4. The van der Waals surface area contributed by atoms with Crippen LogP contribution in [0.2, 0.25) is 0 Å². The number of nitrogens with zero attached hydrogens (tertiary/aromatic N) is 1. The molecule has 2 aromatic rings. The van der Waals surface area contributed by atoms with Crippen LogP contribution in [-0.2, 0) is 0 Å². The van der Waals surface area contributed by atoms with Crippen molar-refractivity contribution >= 4 is 11.3 Å². The lowest BCUT2D eigenvalue weighted by Crippen LogP contribution is -1.90. The number of hydrogen-bond acceptors (Lipinski definition) is 4. The van der Waals surface area contributed by atoms with Gasteiger partial charge < -0.3 is 9.47 Å². The molecule has 1 aromatic carbocycles. The first-order valence-electron chi connectivity index (χ1n) is 4.39. The van der Waals surface area contributed by atoms with Crippen LogP contribution in [0.5, 0.6) is 11.5 Å². The third-order valence-electron chi connectivity index (χ3n) is 2.07. The van der Waals surface area contributed by atoms with Crippen molar-refractivity contribution < 1.29 is 9.47 Å². The molecule has 0 bridgehead atoms. The third kappa shape index (κ3) is 1.94. The van der Waals surface area contributed by atoms with E-state index in [1.807, 2.05) is 23.6 Å². The van der Waals surface area contributed by atoms with Crippen LogP contribution in [0.3, 0.4) is 0 Å². The van der Waals surface area contributed by atoms with Crippen LogP contribution < -0.4 is 9.47 Å². The summed E-state index contributed by atoms with van der Waals surface area (Å²) >= 11 is 1.43. The van der Waals surface area contributed by atoms with Gasteiger partial charge in [0.15, 0.2) is 5.51 Å². The number of rotatable bonds is 3. The van der Waals surface area contributed by atoms with Crippen LogP contribution in [0.15, 0.2) is 23.6 Å². The van der Waals surface area contributed by atoms with Crippen molar-refractivity contribution in [2.24, 2.45) is 0 Å². The molecule has 0 atom stereocenters. The van der Waals surface area contributed by atoms with E-state index in [9.17, 15) is 0 Å². The van der Waals surface area contributed by atoms with Gasteiger partial charge in [0.25, 0.3) is 0 Å². The quantitative estimate of drug-likeness (QED) is 0.796. The Morgan fingerprint density at radius 3 is 2.73 bits per heavy atom. The highest BCUT2D eigenvalue weighted by atomic mass is 32.1. The monoisotopic (exact) mass is 220 g/mol. The molecule has 0 saturated heterocycles. The minimum Gasteiger partial charge on any atom is -0.497 e. The van der Waals surface area contributed by atoms with Gasteiger partial charge in [-0.25, -0.2) is 4.98 Å². The lowest BCUT2D eigenvalue weighted by molar-refractivity contribution is 0.404. The zero-order chi connectivity index (χ0) is 10.7. The van der Waals surface area contributed by atoms with Gasteiger partial charge >= 0.3 is 0 Å². The maximum atomic E-state index is 5.26. The number of hydrogen-bond donors (Lipinski definition) is 0. The SMILES string of the molecule is COc1ccc(OC)c(-c2cs[c]n2)c1. The van der Waals surface area contributed by atoms with Crippen molar-refractivity contribution in [1.29, 1.82) is 0 Å². The van der Waals surface area contributed by atoms with Gasteiger partial charge in [-0.15, -0.1) is 11.3 Å². The average molecular weight is 220 g/mol. The van der Waals surface area contributed by atoms with E-state index in [4.69, 9.17) is 9.47 Å². The molecule has 0 N–H and O–H groups in total. The summed E-state index contributed by atoms with van der Waals surface area (Å²) in [5.41, 5.74) is 4.59. The fraction of sp³-hybridized carbons (Fsp3) is 0.182. The summed E-state index contributed by atoms with van der Waals surface area (Å²) in [7, 11) is 3.28. The van der Waals surface area contributed by atoms with Crippen molar-refractivity contribution in [3.8, 4) is 22.8 Å². The summed E-state index contributed by atoms with van der Waals surface area (Å²) in [6.07, 6.45) is 0. The van der Waals surface area contributed by atoms with Crippen LogP contribution in [0, 0.1) is 5.51 Å². The second kappa shape index (κ2) is 4.31. The molecule has 4 heteroatoms. The number of benzene rings is 1. The van der Waals surface area contributed by atoms with Gasteiger partial charge in [0.1, 0.15) is 11.5 Å². The van der Waals surface area contributed by atoms with Crippen molar-refractivity contribution in [2.75, 3.05) is 14.2 Å². The largest absolute Gasteiger partial charge is 0.497 e. The molecule has 1 radical (unpaired) electrons. The van der Waals surface area contributed by atoms with Crippen LogP contribution in [0.25, 0.3) is 11.3 Å². The number of methoxy groups -OCH3 is 2. The zero-order valence-electron chi connectivity index (χ0n) is 8.48. The van der Waals surface area contributed by atoms with Crippen molar-refractivity contribution in [1.82, 2.24) is 4.98 Å². The smallest absolute Gasteiger partial charge is 0.152 e. The Labute approximate surface area is 92.3 Å². The fourth-order valence-electron chi connectivity index (χ4n) is 1.32. The highest BCUT2D eigenvalue weighted by Gasteiger charge is 2.08. The molecule has 0 fully saturated rings. The van der Waals surface area contributed by atoms with Crippen molar-refractivity contribution in [2.45, 2.75) is 0 Å². The summed E-state index contributed by atoms with van der Waals surface area (Å²) in [5.74, 6) is 1.58. The fourth-order valence-corrected chi connectivity index (χ4v) is 1.82. The Bertz CT molecular complexity index is 440. The summed E-state index contributed by atoms with van der Waals surface area (Å²) in [6, 6.07) is 5.63. The minimum absolute atomic E-state index is 0.787. The predicted octanol–water partition coefficient (Wildman–Crippen LogP) is 2.63. The second-order valence-corrected chi connectivity index (χ2v) is 3.54. The highest BCUT2D eigenvalue weighted by molar-refractivity contribution is 7.07. The molecule has 2 rings (SSSR count). The first-order valence-corrected chi connectivity index (χ1v) is 5.27. The molecule has 15 heavy (non-hydrogen) atoms. The molecule has 0 aliphatic rings. The lowest BCUT2D eigenvalue weighted by atomic mass is 10.1. The Hall–Kier alpha value is -1.55. The molecule has 0 aliphatic heterocycles. The third-order valence-corrected chi connectivity index (χ3v) is 2.61. The molecule has 0 unspecified atom stereocenters. The van der Waals surface area contributed by atoms with Crippen molar-refractivity contribution in [3.63, 3.8) is 0 Å². The predicted molar refractivity (Wildman–Crippen MR) is 59.5 cm³/mol. The summed E-state index contributed by atoms with van der Waals surface area (Å²) in [6.45, 7) is 0. The Kier molecular flexibility index (Phi) is 2.87. The molecule has 1 aromatic heterocycles. The van der Waals surface area contributed by atoms with Crippen LogP contribution in [0.4, 0.5) is 0 Å². The molecule has 3 nitrogen and oxygen atoms in total. The topological polar surface area (TPSA) is 31.4 Å². The van der Waals surface area contributed by atoms with Crippen molar-refractivity contribution in [3.05, 3.63) is 29.1 Å². The summed E-state index contributed by atoms with van der Waals surface area (Å²) in [5, 5.41) is 1.93. The van der Waals surface area contributed by atoms with Gasteiger partial charge in [-0.2, -0.15) is 0 Å². The van der Waals surface area contributed by atoms with Gasteiger partial charge in [-0.05, 0) is 18.2 Å². The molecular formula is C11H10NO2S. The first-order chi connectivity index (χ1) is 7.35. The van der Waals surface area contributed by atoms with E-state index in [2.05, 4.69) is 10.5 Å². The average Bonchev–Trinajstić information content (AvgIpc) is 2.81. The Balaban J connectivity index is 2.52. The molecule has 0 spiro atoms. The van der Waals surface area contributed by atoms with Gasteiger partial charge in [-0.1, -0.05) is 0 Å². The van der Waals surface area contributed by atoms with Crippen LogP contribution in [-0.4, -0.2) is 19.2 Å². The first kappa shape index (κ1) is 9.98. The molecule has 0 amide bonds. The van der Waals surface area contributed by atoms with E-state index in [-0.39, 0.29) is 0 Å².